The van der Waals surface area contributed by atoms with Gasteiger partial charge in [-0.1, -0.05) is 6.92 Å². The zero-order chi connectivity index (χ0) is 8.97. The maximum absolute atomic E-state index is 10.8. The Morgan fingerprint density at radius 2 is 2.08 bits per heavy atom. The number of piperidine rings is 1. The molecule has 67 valence electrons. The van der Waals surface area contributed by atoms with Gasteiger partial charge in [0.2, 0.25) is 0 Å². The van der Waals surface area contributed by atoms with Crippen LogP contribution < -0.4 is 0 Å². The number of carbonyl (C=O) groups excluding carboxylic acids is 1. The van der Waals surface area contributed by atoms with Crippen LogP contribution >= 0.6 is 0 Å². The van der Waals surface area contributed by atoms with E-state index in [4.69, 9.17) is 0 Å². The molecule has 4 heteroatoms. The van der Waals surface area contributed by atoms with Crippen molar-refractivity contribution in [3.05, 3.63) is 0 Å². The Labute approximate surface area is 74.3 Å². The summed E-state index contributed by atoms with van der Waals surface area (Å²) in [6.45, 7) is 4.21. The van der Waals surface area contributed by atoms with Gasteiger partial charge in [0.25, 0.3) is 5.87 Å². The van der Waals surface area contributed by atoms with Crippen molar-refractivity contribution in [1.29, 1.82) is 0 Å². The summed E-state index contributed by atoms with van der Waals surface area (Å²) >= 11 is 0. The lowest BCUT2D eigenvalue weighted by Crippen LogP contribution is -2.39. The van der Waals surface area contributed by atoms with E-state index in [1.54, 1.807) is 7.41 Å². The van der Waals surface area contributed by atoms with Gasteiger partial charge in [0.15, 0.2) is 0 Å². The van der Waals surface area contributed by atoms with Crippen molar-refractivity contribution in [2.24, 2.45) is 5.92 Å². The van der Waals surface area contributed by atoms with Crippen LogP contribution in [0, 0.1) is 5.92 Å². The fraction of sp³-hybridized carbons (Fsp3) is 0.875. The van der Waals surface area contributed by atoms with E-state index in [9.17, 15) is 4.79 Å². The Bertz CT molecular complexity index is 155. The van der Waals surface area contributed by atoms with E-state index >= 15 is 0 Å². The third-order valence-corrected chi connectivity index (χ3v) is 2.31. The van der Waals surface area contributed by atoms with Crippen molar-refractivity contribution in [3.8, 4) is 0 Å². The standard InChI is InChI=1S/C8H15BNO2/c1-7-3-5-10(6-4-7)9-8(11)12-2/h7H,3-6H2,1-2H3. The molecule has 1 saturated heterocycles. The number of hydrogen-bond acceptors (Lipinski definition) is 3. The van der Waals surface area contributed by atoms with Gasteiger partial charge in [-0.05, 0) is 31.8 Å². The number of nitrogens with zero attached hydrogens (tertiary/aromatic N) is 1. The molecule has 1 rings (SSSR count). The number of carbonyl (C=O) groups is 1. The zero-order valence-corrected chi connectivity index (χ0v) is 7.75. The van der Waals surface area contributed by atoms with Gasteiger partial charge in [-0.3, -0.25) is 4.79 Å². The van der Waals surface area contributed by atoms with Crippen LogP contribution in [0.15, 0.2) is 0 Å². The minimum absolute atomic E-state index is 0.246. The van der Waals surface area contributed by atoms with Crippen LogP contribution in [0.25, 0.3) is 0 Å². The van der Waals surface area contributed by atoms with Gasteiger partial charge >= 0.3 is 7.41 Å². The summed E-state index contributed by atoms with van der Waals surface area (Å²) in [5.41, 5.74) is 0. The van der Waals surface area contributed by atoms with Crippen molar-refractivity contribution in [1.82, 2.24) is 4.81 Å². The van der Waals surface area contributed by atoms with E-state index in [1.807, 2.05) is 4.81 Å². The van der Waals surface area contributed by atoms with E-state index in [0.717, 1.165) is 19.0 Å². The van der Waals surface area contributed by atoms with Crippen molar-refractivity contribution >= 4 is 13.3 Å². The molecule has 0 saturated carbocycles. The van der Waals surface area contributed by atoms with Crippen molar-refractivity contribution < 1.29 is 9.53 Å². The van der Waals surface area contributed by atoms with E-state index < -0.39 is 0 Å². The highest BCUT2D eigenvalue weighted by Crippen LogP contribution is 2.14. The van der Waals surface area contributed by atoms with Gasteiger partial charge in [-0.25, -0.2) is 0 Å². The topological polar surface area (TPSA) is 29.5 Å². The summed E-state index contributed by atoms with van der Waals surface area (Å²) in [5, 5.41) is 0. The molecule has 0 bridgehead atoms. The van der Waals surface area contributed by atoms with Gasteiger partial charge < -0.3 is 9.55 Å². The van der Waals surface area contributed by atoms with Crippen molar-refractivity contribution in [3.63, 3.8) is 0 Å². The molecule has 0 amide bonds. The average molecular weight is 168 g/mol. The second-order valence-corrected chi connectivity index (χ2v) is 3.37. The number of hydrogen-bond donors (Lipinski definition) is 0. The average Bonchev–Trinajstić information content (AvgIpc) is 2.09. The molecule has 0 aromatic rings. The SMILES string of the molecule is COC(=O)[B]N1CCC(C)CC1. The second kappa shape index (κ2) is 4.50. The fourth-order valence-corrected chi connectivity index (χ4v) is 1.36. The fourth-order valence-electron chi connectivity index (χ4n) is 1.36. The minimum Gasteiger partial charge on any atom is -0.476 e. The molecular weight excluding hydrogens is 153 g/mol. The van der Waals surface area contributed by atoms with Crippen LogP contribution in [-0.4, -0.2) is 38.3 Å². The Kier molecular flexibility index (Phi) is 3.60. The molecular formula is C8H15BNO2. The van der Waals surface area contributed by atoms with Crippen molar-refractivity contribution in [2.75, 3.05) is 20.2 Å². The van der Waals surface area contributed by atoms with Crippen LogP contribution in [0.1, 0.15) is 19.8 Å². The summed E-state index contributed by atoms with van der Waals surface area (Å²) in [5.74, 6) is 0.553. The Hall–Kier alpha value is -0.505. The van der Waals surface area contributed by atoms with E-state index in [1.165, 1.54) is 20.0 Å². The van der Waals surface area contributed by atoms with Gasteiger partial charge in [-0.2, -0.15) is 0 Å². The predicted octanol–water partition coefficient (Wildman–Crippen LogP) is 1.10. The van der Waals surface area contributed by atoms with Gasteiger partial charge in [0.05, 0.1) is 7.11 Å². The number of rotatable bonds is 2. The molecule has 1 radical (unpaired) electrons. The largest absolute Gasteiger partial charge is 0.476 e. The molecule has 1 aliphatic rings. The Morgan fingerprint density at radius 3 is 2.58 bits per heavy atom. The highest BCUT2D eigenvalue weighted by atomic mass is 16.5. The molecule has 0 aliphatic carbocycles. The quantitative estimate of drug-likeness (QED) is 0.578. The molecule has 0 atom stereocenters. The molecule has 12 heavy (non-hydrogen) atoms. The van der Waals surface area contributed by atoms with E-state index in [-0.39, 0.29) is 5.87 Å². The van der Waals surface area contributed by atoms with Crippen LogP contribution in [0.3, 0.4) is 0 Å². The highest BCUT2D eigenvalue weighted by Gasteiger charge is 2.19. The smallest absolute Gasteiger partial charge is 0.357 e. The lowest BCUT2D eigenvalue weighted by Gasteiger charge is -2.28. The van der Waals surface area contributed by atoms with E-state index in [2.05, 4.69) is 11.7 Å². The number of methoxy groups -OCH3 is 1. The molecule has 1 aliphatic heterocycles. The van der Waals surface area contributed by atoms with Crippen LogP contribution in [0.4, 0.5) is 4.79 Å². The van der Waals surface area contributed by atoms with Gasteiger partial charge in [0.1, 0.15) is 0 Å². The third kappa shape index (κ3) is 2.85. The molecule has 3 nitrogen and oxygen atoms in total. The van der Waals surface area contributed by atoms with Gasteiger partial charge in [0, 0.05) is 0 Å². The normalized spacial score (nSPS) is 20.5. The first kappa shape index (κ1) is 9.58. The van der Waals surface area contributed by atoms with E-state index in [0.29, 0.717) is 0 Å². The summed E-state index contributed by atoms with van der Waals surface area (Å²) in [7, 11) is 2.97. The molecule has 0 spiro atoms. The second-order valence-electron chi connectivity index (χ2n) is 3.37. The molecule has 1 fully saturated rings. The first-order valence-corrected chi connectivity index (χ1v) is 4.39. The van der Waals surface area contributed by atoms with Crippen LogP contribution in [0.2, 0.25) is 0 Å². The lowest BCUT2D eigenvalue weighted by atomic mass is 9.86. The summed E-state index contributed by atoms with van der Waals surface area (Å²) in [6.07, 6.45) is 2.35. The van der Waals surface area contributed by atoms with Gasteiger partial charge in [-0.15, -0.1) is 0 Å². The number of ether oxygens (including phenoxy) is 1. The molecule has 1 heterocycles. The third-order valence-electron chi connectivity index (χ3n) is 2.31. The first-order chi connectivity index (χ1) is 5.72. The monoisotopic (exact) mass is 168 g/mol. The summed E-state index contributed by atoms with van der Waals surface area (Å²) < 4.78 is 4.54. The predicted molar refractivity (Wildman–Crippen MR) is 48.1 cm³/mol. The summed E-state index contributed by atoms with van der Waals surface area (Å²) in [6, 6.07) is 0. The maximum atomic E-state index is 10.8. The van der Waals surface area contributed by atoms with Crippen LogP contribution in [0.5, 0.6) is 0 Å². The van der Waals surface area contributed by atoms with Crippen LogP contribution in [-0.2, 0) is 4.74 Å². The Morgan fingerprint density at radius 1 is 1.50 bits per heavy atom. The Balaban J connectivity index is 2.21. The van der Waals surface area contributed by atoms with Crippen molar-refractivity contribution in [2.45, 2.75) is 19.8 Å². The minimum atomic E-state index is -0.246. The molecule has 0 aromatic carbocycles. The summed E-state index contributed by atoms with van der Waals surface area (Å²) in [4.78, 5) is 12.9. The molecule has 0 aromatic heterocycles. The lowest BCUT2D eigenvalue weighted by molar-refractivity contribution is 0.193. The molecule has 0 N–H and O–H groups in total. The maximum Gasteiger partial charge on any atom is 0.357 e. The zero-order valence-electron chi connectivity index (χ0n) is 7.75. The molecule has 0 unspecified atom stereocenters. The first-order valence-electron chi connectivity index (χ1n) is 4.39. The highest BCUT2D eigenvalue weighted by molar-refractivity contribution is 6.69.